The van der Waals surface area contributed by atoms with E-state index in [9.17, 15) is 4.79 Å². The molecular weight excluding hydrogens is 240 g/mol. The molecule has 2 N–H and O–H groups in total. The Morgan fingerprint density at radius 3 is 2.84 bits per heavy atom. The number of hydrogen-bond acceptors (Lipinski definition) is 3. The van der Waals surface area contributed by atoms with E-state index in [1.807, 2.05) is 0 Å². The Hall–Kier alpha value is -1.36. The number of carbonyl (C=O) groups excluding carboxylic acids is 1. The topological polar surface area (TPSA) is 61.0 Å². The van der Waals surface area contributed by atoms with Gasteiger partial charge in [-0.1, -0.05) is 0 Å². The largest absolute Gasteiger partial charge is 0.347 e. The van der Waals surface area contributed by atoms with Gasteiger partial charge in [0.25, 0.3) is 0 Å². The van der Waals surface area contributed by atoms with Crippen LogP contribution in [0.2, 0.25) is 0 Å². The summed E-state index contributed by atoms with van der Waals surface area (Å²) in [5, 5.41) is 3.34. The molecule has 3 heterocycles. The fraction of sp³-hybridized carbons (Fsp3) is 0.714. The van der Waals surface area contributed by atoms with Crippen LogP contribution in [-0.2, 0) is 17.8 Å². The van der Waals surface area contributed by atoms with Crippen LogP contribution in [0.5, 0.6) is 0 Å². The zero-order chi connectivity index (χ0) is 13.4. The van der Waals surface area contributed by atoms with Gasteiger partial charge >= 0.3 is 0 Å². The van der Waals surface area contributed by atoms with Gasteiger partial charge in [0.05, 0.1) is 23.8 Å². The third-order valence-corrected chi connectivity index (χ3v) is 4.48. The number of carbonyl (C=O) groups is 1. The number of aromatic nitrogens is 2. The third kappa shape index (κ3) is 2.27. The van der Waals surface area contributed by atoms with E-state index >= 15 is 0 Å². The highest BCUT2D eigenvalue weighted by Crippen LogP contribution is 2.24. The average molecular weight is 262 g/mol. The van der Waals surface area contributed by atoms with E-state index in [1.54, 1.807) is 6.33 Å². The summed E-state index contributed by atoms with van der Waals surface area (Å²) in [7, 11) is 0. The number of likely N-dealkylation sites (tertiary alicyclic amines) is 1. The molecule has 0 bridgehead atoms. The molecule has 3 rings (SSSR count). The van der Waals surface area contributed by atoms with Crippen LogP contribution in [0.15, 0.2) is 6.33 Å². The van der Waals surface area contributed by atoms with Gasteiger partial charge in [-0.15, -0.1) is 0 Å². The summed E-state index contributed by atoms with van der Waals surface area (Å²) in [5.41, 5.74) is 2.15. The zero-order valence-corrected chi connectivity index (χ0v) is 11.6. The van der Waals surface area contributed by atoms with Gasteiger partial charge in [-0.05, 0) is 33.1 Å². The van der Waals surface area contributed by atoms with Crippen molar-refractivity contribution >= 4 is 5.91 Å². The molecule has 0 aliphatic carbocycles. The van der Waals surface area contributed by atoms with Crippen molar-refractivity contribution < 1.29 is 4.79 Å². The van der Waals surface area contributed by atoms with Crippen LogP contribution in [0.1, 0.15) is 44.5 Å². The first-order valence-corrected chi connectivity index (χ1v) is 7.23. The van der Waals surface area contributed by atoms with E-state index in [-0.39, 0.29) is 11.9 Å². The molecule has 1 aromatic rings. The second-order valence-corrected chi connectivity index (χ2v) is 5.84. The van der Waals surface area contributed by atoms with Gasteiger partial charge in [0.1, 0.15) is 0 Å². The smallest absolute Gasteiger partial charge is 0.240 e. The number of fused-ring (bicyclic) bond motifs is 1. The van der Waals surface area contributed by atoms with Crippen LogP contribution >= 0.6 is 0 Å². The average Bonchev–Trinajstić information content (AvgIpc) is 2.85. The molecule has 1 saturated heterocycles. The Labute approximate surface area is 113 Å². The number of hydrogen-bond donors (Lipinski definition) is 2. The van der Waals surface area contributed by atoms with Crippen LogP contribution in [0.25, 0.3) is 0 Å². The molecular formula is C14H22N4O. The van der Waals surface area contributed by atoms with Crippen LogP contribution in [0, 0.1) is 0 Å². The van der Waals surface area contributed by atoms with E-state index in [0.717, 1.165) is 24.2 Å². The second kappa shape index (κ2) is 4.96. The Morgan fingerprint density at radius 2 is 2.11 bits per heavy atom. The number of H-pyrrole nitrogens is 1. The minimum Gasteiger partial charge on any atom is -0.347 e. The van der Waals surface area contributed by atoms with Crippen molar-refractivity contribution in [2.24, 2.45) is 0 Å². The third-order valence-electron chi connectivity index (χ3n) is 4.48. The predicted octanol–water partition coefficient (Wildman–Crippen LogP) is 1.21. The van der Waals surface area contributed by atoms with Gasteiger partial charge in [0.2, 0.25) is 5.91 Å². The highest BCUT2D eigenvalue weighted by atomic mass is 16.2. The highest BCUT2D eigenvalue weighted by Gasteiger charge is 2.35. The fourth-order valence-electron chi connectivity index (χ4n) is 3.38. The fourth-order valence-corrected chi connectivity index (χ4v) is 3.38. The maximum absolute atomic E-state index is 12.7. The normalized spacial score (nSPS) is 31.1. The quantitative estimate of drug-likeness (QED) is 0.800. The maximum Gasteiger partial charge on any atom is 0.240 e. The Morgan fingerprint density at radius 1 is 1.37 bits per heavy atom. The molecule has 3 atom stereocenters. The molecule has 0 aromatic carbocycles. The first-order chi connectivity index (χ1) is 9.16. The first-order valence-electron chi connectivity index (χ1n) is 7.23. The minimum absolute atomic E-state index is 0.112. The van der Waals surface area contributed by atoms with Crippen molar-refractivity contribution in [2.45, 2.75) is 64.2 Å². The number of nitrogens with one attached hydrogen (secondary N) is 2. The van der Waals surface area contributed by atoms with Crippen molar-refractivity contribution in [1.82, 2.24) is 20.2 Å². The Bertz CT molecular complexity index is 460. The molecule has 0 radical (unpaired) electrons. The predicted molar refractivity (Wildman–Crippen MR) is 72.5 cm³/mol. The van der Waals surface area contributed by atoms with E-state index in [1.165, 1.54) is 6.42 Å². The summed E-state index contributed by atoms with van der Waals surface area (Å²) in [6.07, 6.45) is 5.89. The van der Waals surface area contributed by atoms with Gasteiger partial charge in [-0.25, -0.2) is 4.98 Å². The lowest BCUT2D eigenvalue weighted by Crippen LogP contribution is -2.56. The van der Waals surface area contributed by atoms with Crippen molar-refractivity contribution in [3.8, 4) is 0 Å². The number of amides is 1. The molecule has 5 nitrogen and oxygen atoms in total. The van der Waals surface area contributed by atoms with Crippen LogP contribution in [0.4, 0.5) is 0 Å². The second-order valence-electron chi connectivity index (χ2n) is 5.84. The summed E-state index contributed by atoms with van der Waals surface area (Å²) in [6.45, 7) is 5.04. The van der Waals surface area contributed by atoms with E-state index in [4.69, 9.17) is 0 Å². The molecule has 1 amide bonds. The zero-order valence-electron chi connectivity index (χ0n) is 11.6. The van der Waals surface area contributed by atoms with Crippen molar-refractivity contribution in [3.05, 3.63) is 17.7 Å². The van der Waals surface area contributed by atoms with Gasteiger partial charge in [-0.2, -0.15) is 0 Å². The molecule has 19 heavy (non-hydrogen) atoms. The SMILES string of the molecule is C[C@@H]1CCC[C@H](C)N1C(=O)C1Cc2nc[nH]c2CN1. The summed E-state index contributed by atoms with van der Waals surface area (Å²) in [4.78, 5) is 22.2. The Kier molecular flexibility index (Phi) is 3.31. The van der Waals surface area contributed by atoms with Crippen molar-refractivity contribution in [2.75, 3.05) is 0 Å². The van der Waals surface area contributed by atoms with E-state index in [2.05, 4.69) is 34.0 Å². The van der Waals surface area contributed by atoms with E-state index < -0.39 is 0 Å². The van der Waals surface area contributed by atoms with Gasteiger partial charge in [0.15, 0.2) is 0 Å². The first kappa shape index (κ1) is 12.7. The summed E-state index contributed by atoms with van der Waals surface area (Å²) >= 11 is 0. The van der Waals surface area contributed by atoms with Crippen molar-refractivity contribution in [3.63, 3.8) is 0 Å². The summed E-state index contributed by atoms with van der Waals surface area (Å²) < 4.78 is 0. The molecule has 0 saturated carbocycles. The molecule has 0 spiro atoms. The maximum atomic E-state index is 12.7. The molecule has 1 fully saturated rings. The number of rotatable bonds is 1. The van der Waals surface area contributed by atoms with Crippen LogP contribution in [-0.4, -0.2) is 38.9 Å². The molecule has 1 unspecified atom stereocenters. The molecule has 2 aliphatic rings. The minimum atomic E-state index is -0.112. The molecule has 104 valence electrons. The van der Waals surface area contributed by atoms with Gasteiger partial charge < -0.3 is 9.88 Å². The number of aromatic amines is 1. The van der Waals surface area contributed by atoms with Gasteiger partial charge in [-0.3, -0.25) is 10.1 Å². The molecule has 5 heteroatoms. The van der Waals surface area contributed by atoms with E-state index in [0.29, 0.717) is 25.0 Å². The summed E-state index contributed by atoms with van der Waals surface area (Å²) in [6, 6.07) is 0.607. The van der Waals surface area contributed by atoms with Crippen LogP contribution in [0.3, 0.4) is 0 Å². The van der Waals surface area contributed by atoms with Gasteiger partial charge in [0, 0.05) is 25.0 Å². The highest BCUT2D eigenvalue weighted by molar-refractivity contribution is 5.83. The monoisotopic (exact) mass is 262 g/mol. The lowest BCUT2D eigenvalue weighted by Gasteiger charge is -2.41. The Balaban J connectivity index is 1.74. The number of nitrogens with zero attached hydrogens (tertiary/aromatic N) is 2. The number of imidazole rings is 1. The molecule has 2 aliphatic heterocycles. The van der Waals surface area contributed by atoms with Crippen LogP contribution < -0.4 is 5.32 Å². The lowest BCUT2D eigenvalue weighted by atomic mass is 9.95. The summed E-state index contributed by atoms with van der Waals surface area (Å²) in [5.74, 6) is 0.244. The lowest BCUT2D eigenvalue weighted by molar-refractivity contribution is -0.139. The number of piperidine rings is 1. The molecule has 1 aromatic heterocycles. The standard InChI is InChI=1S/C14H22N4O/c1-9-4-3-5-10(2)18(9)14(19)12-6-11-13(7-15-12)17-8-16-11/h8-10,12,15H,3-7H2,1-2H3,(H,16,17)/t9-,10+,12?. The van der Waals surface area contributed by atoms with Crippen molar-refractivity contribution in [1.29, 1.82) is 0 Å².